The lowest BCUT2D eigenvalue weighted by Gasteiger charge is -2.00. The lowest BCUT2D eigenvalue weighted by atomic mass is 10.2. The zero-order chi connectivity index (χ0) is 11.8. The molecule has 0 bridgehead atoms. The highest BCUT2D eigenvalue weighted by atomic mass is 16.2. The summed E-state index contributed by atoms with van der Waals surface area (Å²) < 4.78 is 0. The van der Waals surface area contributed by atoms with E-state index >= 15 is 0 Å². The zero-order valence-electron chi connectivity index (χ0n) is 9.34. The Morgan fingerprint density at radius 2 is 2.50 bits per heavy atom. The highest BCUT2D eigenvalue weighted by Crippen LogP contribution is 2.06. The van der Waals surface area contributed by atoms with E-state index in [1.807, 2.05) is 6.07 Å². The summed E-state index contributed by atoms with van der Waals surface area (Å²) in [5.74, 6) is 2.80. The smallest absolute Gasteiger partial charge is 0.239 e. The van der Waals surface area contributed by atoms with E-state index < -0.39 is 0 Å². The Labute approximate surface area is 95.0 Å². The average Bonchev–Trinajstić information content (AvgIpc) is 2.66. The fourth-order valence-electron chi connectivity index (χ4n) is 1.26. The molecule has 1 heterocycles. The number of aromatic nitrogens is 2. The van der Waals surface area contributed by atoms with Gasteiger partial charge in [0.25, 0.3) is 0 Å². The van der Waals surface area contributed by atoms with Crippen LogP contribution >= 0.6 is 0 Å². The largest absolute Gasteiger partial charge is 0.308 e. The Bertz CT molecular complexity index is 378. The van der Waals surface area contributed by atoms with Gasteiger partial charge in [0.2, 0.25) is 5.91 Å². The van der Waals surface area contributed by atoms with Crippen LogP contribution in [0.3, 0.4) is 0 Å². The normalized spacial score (nSPS) is 9.75. The van der Waals surface area contributed by atoms with Crippen molar-refractivity contribution in [1.82, 2.24) is 15.5 Å². The SMILES string of the molecule is C#CCNCC(=O)Nc1cc(CCC)[nH]n1. The van der Waals surface area contributed by atoms with E-state index in [9.17, 15) is 4.79 Å². The molecule has 0 atom stereocenters. The van der Waals surface area contributed by atoms with Gasteiger partial charge in [-0.05, 0) is 6.42 Å². The van der Waals surface area contributed by atoms with Gasteiger partial charge in [0, 0.05) is 11.8 Å². The predicted octanol–water partition coefficient (Wildman–Crippen LogP) is 0.523. The number of carbonyl (C=O) groups is 1. The minimum atomic E-state index is -0.148. The minimum absolute atomic E-state index is 0.148. The van der Waals surface area contributed by atoms with Gasteiger partial charge >= 0.3 is 0 Å². The standard InChI is InChI=1S/C11H16N4O/c1-3-5-9-7-10(15-14-9)13-11(16)8-12-6-4-2/h2,7,12H,3,5-6,8H2,1H3,(H2,13,14,15,16). The molecule has 0 saturated carbocycles. The third-order valence-corrected chi connectivity index (χ3v) is 1.93. The van der Waals surface area contributed by atoms with Crippen LogP contribution in [0.4, 0.5) is 5.82 Å². The van der Waals surface area contributed by atoms with E-state index in [1.165, 1.54) is 0 Å². The Hall–Kier alpha value is -1.80. The molecule has 16 heavy (non-hydrogen) atoms. The third-order valence-electron chi connectivity index (χ3n) is 1.93. The molecule has 86 valence electrons. The molecular formula is C11H16N4O. The fraction of sp³-hybridized carbons (Fsp3) is 0.455. The van der Waals surface area contributed by atoms with Crippen molar-refractivity contribution in [3.63, 3.8) is 0 Å². The molecule has 0 radical (unpaired) electrons. The highest BCUT2D eigenvalue weighted by Gasteiger charge is 2.04. The molecule has 0 aromatic carbocycles. The van der Waals surface area contributed by atoms with Gasteiger partial charge in [-0.1, -0.05) is 19.3 Å². The molecule has 3 N–H and O–H groups in total. The van der Waals surface area contributed by atoms with Crippen molar-refractivity contribution in [2.45, 2.75) is 19.8 Å². The summed E-state index contributed by atoms with van der Waals surface area (Å²) in [4.78, 5) is 11.4. The van der Waals surface area contributed by atoms with Gasteiger partial charge in [-0.25, -0.2) is 0 Å². The minimum Gasteiger partial charge on any atom is -0.308 e. The molecule has 1 amide bonds. The number of terminal acetylenes is 1. The number of hydrogen-bond acceptors (Lipinski definition) is 3. The van der Waals surface area contributed by atoms with Crippen LogP contribution in [0, 0.1) is 12.3 Å². The second-order valence-corrected chi connectivity index (χ2v) is 3.38. The first-order chi connectivity index (χ1) is 7.76. The number of amides is 1. The second kappa shape index (κ2) is 6.64. The zero-order valence-corrected chi connectivity index (χ0v) is 9.34. The van der Waals surface area contributed by atoms with Gasteiger partial charge < -0.3 is 5.32 Å². The maximum Gasteiger partial charge on any atom is 0.239 e. The summed E-state index contributed by atoms with van der Waals surface area (Å²) in [6.45, 7) is 2.66. The highest BCUT2D eigenvalue weighted by molar-refractivity contribution is 5.91. The van der Waals surface area contributed by atoms with Gasteiger partial charge in [0.15, 0.2) is 5.82 Å². The van der Waals surface area contributed by atoms with Crippen LogP contribution < -0.4 is 10.6 Å². The predicted molar refractivity (Wildman–Crippen MR) is 62.9 cm³/mol. The van der Waals surface area contributed by atoms with Gasteiger partial charge in [-0.15, -0.1) is 6.42 Å². The summed E-state index contributed by atoms with van der Waals surface area (Å²) >= 11 is 0. The van der Waals surface area contributed by atoms with Crippen LogP contribution in [0.5, 0.6) is 0 Å². The van der Waals surface area contributed by atoms with Crippen LogP contribution in [0.1, 0.15) is 19.0 Å². The summed E-state index contributed by atoms with van der Waals surface area (Å²) in [6, 6.07) is 1.84. The average molecular weight is 220 g/mol. The molecule has 0 unspecified atom stereocenters. The molecule has 5 nitrogen and oxygen atoms in total. The maximum absolute atomic E-state index is 11.4. The van der Waals surface area contributed by atoms with E-state index in [4.69, 9.17) is 6.42 Å². The monoisotopic (exact) mass is 220 g/mol. The first kappa shape index (κ1) is 12.3. The van der Waals surface area contributed by atoms with Crippen LogP contribution in [-0.4, -0.2) is 29.2 Å². The van der Waals surface area contributed by atoms with Crippen molar-refractivity contribution in [2.75, 3.05) is 18.4 Å². The van der Waals surface area contributed by atoms with Gasteiger partial charge in [0.1, 0.15) is 0 Å². The summed E-state index contributed by atoms with van der Waals surface area (Å²) in [5.41, 5.74) is 1.02. The number of carbonyl (C=O) groups excluding carboxylic acids is 1. The van der Waals surface area contributed by atoms with Crippen molar-refractivity contribution >= 4 is 11.7 Å². The van der Waals surface area contributed by atoms with Crippen molar-refractivity contribution in [3.8, 4) is 12.3 Å². The van der Waals surface area contributed by atoms with Gasteiger partial charge in [0.05, 0.1) is 13.1 Å². The molecule has 0 saturated heterocycles. The molecular weight excluding hydrogens is 204 g/mol. The Balaban J connectivity index is 2.35. The topological polar surface area (TPSA) is 69.8 Å². The Morgan fingerprint density at radius 3 is 3.19 bits per heavy atom. The number of aryl methyl sites for hydroxylation is 1. The first-order valence-electron chi connectivity index (χ1n) is 5.24. The number of rotatable bonds is 6. The Kier molecular flexibility index (Phi) is 5.09. The van der Waals surface area contributed by atoms with Gasteiger partial charge in [-0.2, -0.15) is 5.10 Å². The summed E-state index contributed by atoms with van der Waals surface area (Å²) in [6.07, 6.45) is 7.01. The number of nitrogens with one attached hydrogen (secondary N) is 3. The number of H-pyrrole nitrogens is 1. The lowest BCUT2D eigenvalue weighted by molar-refractivity contribution is -0.115. The number of hydrogen-bond donors (Lipinski definition) is 3. The van der Waals surface area contributed by atoms with E-state index in [0.717, 1.165) is 18.5 Å². The molecule has 5 heteroatoms. The van der Waals surface area contributed by atoms with Crippen LogP contribution in [0.25, 0.3) is 0 Å². The molecule has 0 aliphatic carbocycles. The fourth-order valence-corrected chi connectivity index (χ4v) is 1.26. The van der Waals surface area contributed by atoms with Crippen LogP contribution in [-0.2, 0) is 11.2 Å². The van der Waals surface area contributed by atoms with E-state index in [2.05, 4.69) is 33.7 Å². The molecule has 1 aromatic heterocycles. The second-order valence-electron chi connectivity index (χ2n) is 3.38. The number of anilines is 1. The summed E-state index contributed by atoms with van der Waals surface area (Å²) in [7, 11) is 0. The molecule has 1 rings (SSSR count). The van der Waals surface area contributed by atoms with E-state index in [1.54, 1.807) is 0 Å². The summed E-state index contributed by atoms with van der Waals surface area (Å²) in [5, 5.41) is 12.3. The van der Waals surface area contributed by atoms with Crippen LogP contribution in [0.15, 0.2) is 6.07 Å². The third kappa shape index (κ3) is 4.15. The number of nitrogens with zero attached hydrogens (tertiary/aromatic N) is 1. The quantitative estimate of drug-likeness (QED) is 0.483. The first-order valence-corrected chi connectivity index (χ1v) is 5.24. The molecule has 1 aromatic rings. The van der Waals surface area contributed by atoms with Crippen molar-refractivity contribution in [3.05, 3.63) is 11.8 Å². The number of aromatic amines is 1. The van der Waals surface area contributed by atoms with E-state index in [0.29, 0.717) is 12.4 Å². The molecule has 0 fully saturated rings. The Morgan fingerprint density at radius 1 is 1.69 bits per heavy atom. The van der Waals surface area contributed by atoms with E-state index in [-0.39, 0.29) is 12.5 Å². The van der Waals surface area contributed by atoms with Crippen LogP contribution in [0.2, 0.25) is 0 Å². The van der Waals surface area contributed by atoms with Crippen molar-refractivity contribution in [1.29, 1.82) is 0 Å². The lowest BCUT2D eigenvalue weighted by Crippen LogP contribution is -2.28. The van der Waals surface area contributed by atoms with Crippen molar-refractivity contribution in [2.24, 2.45) is 0 Å². The molecule has 0 aliphatic heterocycles. The molecule has 0 spiro atoms. The maximum atomic E-state index is 11.4. The van der Waals surface area contributed by atoms with Gasteiger partial charge in [-0.3, -0.25) is 15.2 Å². The van der Waals surface area contributed by atoms with Crippen molar-refractivity contribution < 1.29 is 4.79 Å². The molecule has 0 aliphatic rings.